The van der Waals surface area contributed by atoms with Gasteiger partial charge in [-0.05, 0) is 44.7 Å². The SMILES string of the molecule is C1C[C@H]2COCCN(C3CCNCC3)[C@H]2C1. The van der Waals surface area contributed by atoms with E-state index >= 15 is 0 Å². The average Bonchev–Trinajstić information content (AvgIpc) is 2.70. The second-order valence-corrected chi connectivity index (χ2v) is 5.55. The van der Waals surface area contributed by atoms with Gasteiger partial charge in [-0.3, -0.25) is 4.90 Å². The molecule has 2 saturated heterocycles. The Bertz CT molecular complexity index is 228. The smallest absolute Gasteiger partial charge is 0.0593 e. The zero-order valence-electron chi connectivity index (χ0n) is 10.2. The number of nitrogens with zero attached hydrogens (tertiary/aromatic N) is 1. The van der Waals surface area contributed by atoms with Gasteiger partial charge in [-0.1, -0.05) is 6.42 Å². The van der Waals surface area contributed by atoms with Gasteiger partial charge < -0.3 is 10.1 Å². The normalized spacial score (nSPS) is 38.2. The fourth-order valence-corrected chi connectivity index (χ4v) is 3.81. The van der Waals surface area contributed by atoms with E-state index in [9.17, 15) is 0 Å². The summed E-state index contributed by atoms with van der Waals surface area (Å²) in [5.41, 5.74) is 0. The minimum atomic E-state index is 0.827. The third-order valence-electron chi connectivity index (χ3n) is 4.65. The molecule has 1 N–H and O–H groups in total. The van der Waals surface area contributed by atoms with Crippen LogP contribution in [0, 0.1) is 5.92 Å². The van der Waals surface area contributed by atoms with E-state index in [1.807, 2.05) is 0 Å². The van der Waals surface area contributed by atoms with Gasteiger partial charge in [-0.15, -0.1) is 0 Å². The van der Waals surface area contributed by atoms with Crippen molar-refractivity contribution in [1.29, 1.82) is 0 Å². The van der Waals surface area contributed by atoms with E-state index in [0.717, 1.165) is 31.2 Å². The molecule has 1 aliphatic carbocycles. The Balaban J connectivity index is 1.70. The van der Waals surface area contributed by atoms with Crippen LogP contribution in [0.15, 0.2) is 0 Å². The number of nitrogens with one attached hydrogen (secondary N) is 1. The summed E-state index contributed by atoms with van der Waals surface area (Å²) in [7, 11) is 0. The first kappa shape index (κ1) is 11.0. The molecule has 0 bridgehead atoms. The van der Waals surface area contributed by atoms with Crippen molar-refractivity contribution in [3.8, 4) is 0 Å². The zero-order chi connectivity index (χ0) is 10.8. The molecule has 0 aromatic carbocycles. The first-order chi connectivity index (χ1) is 7.95. The van der Waals surface area contributed by atoms with Crippen LogP contribution in [0.3, 0.4) is 0 Å². The van der Waals surface area contributed by atoms with Crippen molar-refractivity contribution < 1.29 is 4.74 Å². The largest absolute Gasteiger partial charge is 0.380 e. The number of rotatable bonds is 1. The van der Waals surface area contributed by atoms with Crippen molar-refractivity contribution in [3.63, 3.8) is 0 Å². The Morgan fingerprint density at radius 1 is 1.06 bits per heavy atom. The van der Waals surface area contributed by atoms with Crippen LogP contribution < -0.4 is 5.32 Å². The Hall–Kier alpha value is -0.120. The maximum Gasteiger partial charge on any atom is 0.0593 e. The fraction of sp³-hybridized carbons (Fsp3) is 1.00. The van der Waals surface area contributed by atoms with Gasteiger partial charge in [0.05, 0.1) is 13.2 Å². The highest BCUT2D eigenvalue weighted by Crippen LogP contribution is 2.34. The van der Waals surface area contributed by atoms with Crippen molar-refractivity contribution >= 4 is 0 Å². The average molecular weight is 224 g/mol. The zero-order valence-corrected chi connectivity index (χ0v) is 10.2. The Morgan fingerprint density at radius 2 is 1.94 bits per heavy atom. The maximum absolute atomic E-state index is 5.77. The monoisotopic (exact) mass is 224 g/mol. The van der Waals surface area contributed by atoms with Crippen molar-refractivity contribution in [1.82, 2.24) is 10.2 Å². The minimum absolute atomic E-state index is 0.827. The van der Waals surface area contributed by atoms with Crippen molar-refractivity contribution in [2.75, 3.05) is 32.8 Å². The highest BCUT2D eigenvalue weighted by atomic mass is 16.5. The number of hydrogen-bond donors (Lipinski definition) is 1. The molecule has 16 heavy (non-hydrogen) atoms. The summed E-state index contributed by atoms with van der Waals surface area (Å²) in [6.45, 7) is 5.56. The number of ether oxygens (including phenoxy) is 1. The van der Waals surface area contributed by atoms with Crippen LogP contribution in [0.5, 0.6) is 0 Å². The summed E-state index contributed by atoms with van der Waals surface area (Å²) in [6.07, 6.45) is 6.90. The molecule has 0 spiro atoms. The topological polar surface area (TPSA) is 24.5 Å². The standard InChI is InChI=1S/C13H24N2O/c1-2-11-10-16-9-8-15(13(11)3-1)12-4-6-14-7-5-12/h11-14H,1-10H2/t11-,13-/m0/s1. The second-order valence-electron chi connectivity index (χ2n) is 5.55. The van der Waals surface area contributed by atoms with Gasteiger partial charge >= 0.3 is 0 Å². The van der Waals surface area contributed by atoms with Gasteiger partial charge in [0.1, 0.15) is 0 Å². The summed E-state index contributed by atoms with van der Waals surface area (Å²) < 4.78 is 5.77. The van der Waals surface area contributed by atoms with E-state index in [2.05, 4.69) is 10.2 Å². The number of fused-ring (bicyclic) bond motifs is 1. The Labute approximate surface area is 98.5 Å². The predicted octanol–water partition coefficient (Wildman–Crippen LogP) is 1.24. The second kappa shape index (κ2) is 5.03. The van der Waals surface area contributed by atoms with E-state index in [0.29, 0.717) is 0 Å². The third-order valence-corrected chi connectivity index (χ3v) is 4.65. The molecule has 2 heterocycles. The molecule has 3 nitrogen and oxygen atoms in total. The first-order valence-corrected chi connectivity index (χ1v) is 6.99. The molecule has 0 aromatic heterocycles. The molecule has 3 rings (SSSR count). The quantitative estimate of drug-likeness (QED) is 0.725. The fourth-order valence-electron chi connectivity index (χ4n) is 3.81. The van der Waals surface area contributed by atoms with Crippen molar-refractivity contribution in [2.24, 2.45) is 5.92 Å². The molecule has 3 fully saturated rings. The summed E-state index contributed by atoms with van der Waals surface area (Å²) in [5, 5.41) is 3.47. The van der Waals surface area contributed by atoms with Gasteiger partial charge in [-0.25, -0.2) is 0 Å². The lowest BCUT2D eigenvalue weighted by atomic mass is 9.97. The molecule has 92 valence electrons. The molecule has 0 aromatic rings. The molecule has 0 radical (unpaired) electrons. The molecule has 3 heteroatoms. The van der Waals surface area contributed by atoms with Gasteiger partial charge in [0.25, 0.3) is 0 Å². The van der Waals surface area contributed by atoms with Crippen LogP contribution in [0.25, 0.3) is 0 Å². The number of hydrogen-bond acceptors (Lipinski definition) is 3. The van der Waals surface area contributed by atoms with Crippen LogP contribution >= 0.6 is 0 Å². The van der Waals surface area contributed by atoms with Crippen LogP contribution in [0.1, 0.15) is 32.1 Å². The van der Waals surface area contributed by atoms with Crippen molar-refractivity contribution in [3.05, 3.63) is 0 Å². The van der Waals surface area contributed by atoms with Gasteiger partial charge in [0, 0.05) is 18.6 Å². The lowest BCUT2D eigenvalue weighted by molar-refractivity contribution is 0.0990. The molecular weight excluding hydrogens is 200 g/mol. The molecule has 0 amide bonds. The molecular formula is C13H24N2O. The molecule has 2 aliphatic heterocycles. The highest BCUT2D eigenvalue weighted by Gasteiger charge is 2.37. The van der Waals surface area contributed by atoms with Gasteiger partial charge in [0.15, 0.2) is 0 Å². The van der Waals surface area contributed by atoms with Crippen LogP contribution in [-0.4, -0.2) is 49.8 Å². The molecule has 3 aliphatic rings. The summed E-state index contributed by atoms with van der Waals surface area (Å²) in [5.74, 6) is 0.831. The van der Waals surface area contributed by atoms with Gasteiger partial charge in [-0.2, -0.15) is 0 Å². The van der Waals surface area contributed by atoms with E-state index in [4.69, 9.17) is 4.74 Å². The molecule has 2 atom stereocenters. The molecule has 1 saturated carbocycles. The Morgan fingerprint density at radius 3 is 2.81 bits per heavy atom. The summed E-state index contributed by atoms with van der Waals surface area (Å²) in [6, 6.07) is 1.67. The van der Waals surface area contributed by atoms with E-state index < -0.39 is 0 Å². The first-order valence-electron chi connectivity index (χ1n) is 6.99. The molecule has 0 unspecified atom stereocenters. The summed E-state index contributed by atoms with van der Waals surface area (Å²) in [4.78, 5) is 2.80. The number of piperidine rings is 1. The van der Waals surface area contributed by atoms with Crippen LogP contribution in [-0.2, 0) is 4.74 Å². The highest BCUT2D eigenvalue weighted by molar-refractivity contribution is 4.91. The maximum atomic E-state index is 5.77. The predicted molar refractivity (Wildman–Crippen MR) is 64.5 cm³/mol. The minimum Gasteiger partial charge on any atom is -0.380 e. The van der Waals surface area contributed by atoms with Crippen LogP contribution in [0.4, 0.5) is 0 Å². The Kier molecular flexibility index (Phi) is 3.46. The van der Waals surface area contributed by atoms with Gasteiger partial charge in [0.2, 0.25) is 0 Å². The lowest BCUT2D eigenvalue weighted by Crippen LogP contribution is -2.49. The summed E-state index contributed by atoms with van der Waals surface area (Å²) >= 11 is 0. The lowest BCUT2D eigenvalue weighted by Gasteiger charge is -2.39. The van der Waals surface area contributed by atoms with E-state index in [-0.39, 0.29) is 0 Å². The van der Waals surface area contributed by atoms with Crippen LogP contribution in [0.2, 0.25) is 0 Å². The van der Waals surface area contributed by atoms with Crippen molar-refractivity contribution in [2.45, 2.75) is 44.2 Å². The van der Waals surface area contributed by atoms with E-state index in [1.54, 1.807) is 0 Å². The van der Waals surface area contributed by atoms with E-state index in [1.165, 1.54) is 51.7 Å². The third kappa shape index (κ3) is 2.13.